The Bertz CT molecular complexity index is 2210. The van der Waals surface area contributed by atoms with Crippen molar-refractivity contribution in [1.29, 1.82) is 0 Å². The lowest BCUT2D eigenvalue weighted by molar-refractivity contribution is -0.228. The number of hydrogen-bond donors (Lipinski definition) is 3. The SMILES string of the molecule is CCC1=CCCN(Cc2c([C@@](CC)(C(=O)CO)c3cc4c(cc3OC)N(C)[C@H]3[C@@](O)(C(=O)OC)[C@H](OC(C)=O)[C@]5(CC)C=CCN6CC[C@]43[C@@H]65)[nH]c3ccccc23)C1. The summed E-state index contributed by atoms with van der Waals surface area (Å²) >= 11 is 0. The molecule has 5 aliphatic rings. The molecule has 0 unspecified atom stereocenters. The van der Waals surface area contributed by atoms with E-state index in [2.05, 4.69) is 39.9 Å². The van der Waals surface area contributed by atoms with Gasteiger partial charge >= 0.3 is 11.9 Å². The predicted molar refractivity (Wildman–Crippen MR) is 221 cm³/mol. The quantitative estimate of drug-likeness (QED) is 0.170. The first-order valence-corrected chi connectivity index (χ1v) is 20.9. The highest BCUT2D eigenvalue weighted by Crippen LogP contribution is 2.68. The minimum atomic E-state index is -2.29. The molecule has 0 radical (unpaired) electrons. The van der Waals surface area contributed by atoms with Crippen molar-refractivity contribution in [2.45, 2.75) is 101 Å². The number of methoxy groups -OCH3 is 2. The average Bonchev–Trinajstić information content (AvgIpc) is 3.89. The molecule has 7 atom stereocenters. The van der Waals surface area contributed by atoms with Crippen LogP contribution in [0.25, 0.3) is 10.9 Å². The Morgan fingerprint density at radius 3 is 2.52 bits per heavy atom. The van der Waals surface area contributed by atoms with Crippen molar-refractivity contribution in [2.75, 3.05) is 59.0 Å². The van der Waals surface area contributed by atoms with Crippen molar-refractivity contribution in [3.05, 3.63) is 82.6 Å². The van der Waals surface area contributed by atoms with Gasteiger partial charge in [0.25, 0.3) is 0 Å². The highest BCUT2D eigenvalue weighted by atomic mass is 16.6. The highest BCUT2D eigenvalue weighted by molar-refractivity contribution is 5.98. The lowest BCUT2D eigenvalue weighted by Gasteiger charge is -2.63. The molecule has 5 heterocycles. The molecule has 12 heteroatoms. The van der Waals surface area contributed by atoms with Gasteiger partial charge in [0.1, 0.15) is 12.4 Å². The Balaban J connectivity index is 1.41. The van der Waals surface area contributed by atoms with Crippen LogP contribution in [-0.4, -0.2) is 121 Å². The first-order valence-electron chi connectivity index (χ1n) is 20.9. The summed E-state index contributed by atoms with van der Waals surface area (Å²) in [6.07, 6.45) is 8.45. The molecule has 12 nitrogen and oxygen atoms in total. The van der Waals surface area contributed by atoms with Crippen molar-refractivity contribution in [2.24, 2.45) is 5.41 Å². The Labute approximate surface area is 340 Å². The molecule has 2 fully saturated rings. The first kappa shape index (κ1) is 40.3. The average molecular weight is 795 g/mol. The number of nitrogens with one attached hydrogen (secondary N) is 1. The summed E-state index contributed by atoms with van der Waals surface area (Å²) in [5, 5.41) is 25.2. The summed E-state index contributed by atoms with van der Waals surface area (Å²) in [6.45, 7) is 10.4. The molecule has 1 aliphatic carbocycles. The van der Waals surface area contributed by atoms with Gasteiger partial charge in [-0.05, 0) is 61.9 Å². The fraction of sp³-hybridized carbons (Fsp3) is 0.543. The van der Waals surface area contributed by atoms with Crippen LogP contribution in [0.1, 0.15) is 82.2 Å². The van der Waals surface area contributed by atoms with Crippen LogP contribution in [0.4, 0.5) is 5.69 Å². The monoisotopic (exact) mass is 794 g/mol. The smallest absolute Gasteiger partial charge is 0.344 e. The van der Waals surface area contributed by atoms with Crippen molar-refractivity contribution >= 4 is 34.3 Å². The zero-order valence-corrected chi connectivity index (χ0v) is 34.9. The van der Waals surface area contributed by atoms with E-state index in [9.17, 15) is 24.6 Å². The van der Waals surface area contributed by atoms with Gasteiger partial charge in [0.15, 0.2) is 11.9 Å². The molecule has 8 rings (SSSR count). The molecule has 310 valence electrons. The zero-order chi connectivity index (χ0) is 41.4. The number of anilines is 1. The Kier molecular flexibility index (Phi) is 10.2. The number of aromatic nitrogens is 1. The van der Waals surface area contributed by atoms with E-state index in [1.807, 2.05) is 62.2 Å². The lowest BCUT2D eigenvalue weighted by Crippen LogP contribution is -2.81. The number of aliphatic hydroxyl groups is 2. The number of rotatable bonds is 12. The maximum Gasteiger partial charge on any atom is 0.344 e. The molecule has 2 aromatic carbocycles. The summed E-state index contributed by atoms with van der Waals surface area (Å²) in [7, 11) is 4.69. The van der Waals surface area contributed by atoms with E-state index in [-0.39, 0.29) is 11.8 Å². The van der Waals surface area contributed by atoms with Crippen LogP contribution in [0, 0.1) is 5.41 Å². The van der Waals surface area contributed by atoms with E-state index in [0.717, 1.165) is 59.3 Å². The van der Waals surface area contributed by atoms with Gasteiger partial charge in [0, 0.05) is 90.9 Å². The van der Waals surface area contributed by atoms with Gasteiger partial charge in [-0.2, -0.15) is 0 Å². The number of para-hydroxylation sites is 1. The zero-order valence-electron chi connectivity index (χ0n) is 34.9. The number of nitrogens with zero attached hydrogens (tertiary/aromatic N) is 3. The second kappa shape index (κ2) is 14.7. The molecule has 58 heavy (non-hydrogen) atoms. The molecule has 1 aromatic heterocycles. The molecule has 0 amide bonds. The van der Waals surface area contributed by atoms with Crippen LogP contribution in [0.2, 0.25) is 0 Å². The summed E-state index contributed by atoms with van der Waals surface area (Å²) < 4.78 is 17.8. The second-order valence-corrected chi connectivity index (χ2v) is 17.0. The van der Waals surface area contributed by atoms with E-state index < -0.39 is 52.5 Å². The number of carbonyl (C=O) groups excluding carboxylic acids is 3. The van der Waals surface area contributed by atoms with Gasteiger partial charge in [-0.3, -0.25) is 19.4 Å². The van der Waals surface area contributed by atoms with Gasteiger partial charge in [-0.15, -0.1) is 0 Å². The number of carbonyl (C=O) groups is 3. The topological polar surface area (TPSA) is 145 Å². The Morgan fingerprint density at radius 2 is 1.84 bits per heavy atom. The van der Waals surface area contributed by atoms with E-state index in [1.165, 1.54) is 19.6 Å². The van der Waals surface area contributed by atoms with Gasteiger partial charge in [0.2, 0.25) is 5.60 Å². The summed E-state index contributed by atoms with van der Waals surface area (Å²) in [6, 6.07) is 10.9. The lowest BCUT2D eigenvalue weighted by atomic mass is 9.47. The molecule has 1 saturated carbocycles. The maximum atomic E-state index is 14.9. The molecule has 4 aliphatic heterocycles. The predicted octanol–water partition coefficient (Wildman–Crippen LogP) is 4.92. The van der Waals surface area contributed by atoms with Gasteiger partial charge < -0.3 is 34.3 Å². The highest BCUT2D eigenvalue weighted by Gasteiger charge is 2.80. The minimum Gasteiger partial charge on any atom is -0.496 e. The Hall–Kier alpha value is -4.49. The van der Waals surface area contributed by atoms with Crippen LogP contribution in [0.5, 0.6) is 5.75 Å². The normalized spacial score (nSPS) is 30.0. The molecule has 0 bridgehead atoms. The van der Waals surface area contributed by atoms with E-state index in [0.29, 0.717) is 50.2 Å². The number of H-pyrrole nitrogens is 1. The number of ether oxygens (including phenoxy) is 3. The van der Waals surface area contributed by atoms with Crippen LogP contribution >= 0.6 is 0 Å². The van der Waals surface area contributed by atoms with Crippen LogP contribution in [0.3, 0.4) is 0 Å². The maximum absolute atomic E-state index is 14.9. The molecule has 3 aromatic rings. The summed E-state index contributed by atoms with van der Waals surface area (Å²) in [4.78, 5) is 52.7. The third kappa shape index (κ3) is 5.30. The van der Waals surface area contributed by atoms with Gasteiger partial charge in [-0.25, -0.2) is 4.79 Å². The number of ketones is 1. The number of fused-ring (bicyclic) bond motifs is 2. The fourth-order valence-electron chi connectivity index (χ4n) is 12.4. The fourth-order valence-corrected chi connectivity index (χ4v) is 12.4. The number of benzene rings is 2. The molecular formula is C46H58N4O8. The molecule has 3 N–H and O–H groups in total. The third-order valence-electron chi connectivity index (χ3n) is 14.7. The number of hydrogen-bond acceptors (Lipinski definition) is 11. The van der Waals surface area contributed by atoms with Crippen molar-refractivity contribution in [1.82, 2.24) is 14.8 Å². The number of aromatic amines is 1. The number of aliphatic hydroxyl groups excluding tert-OH is 1. The standard InChI is InChI=1S/C46H58N4O8/c1-8-29-15-13-20-49(25-29)26-31-30-16-11-12-17-34(30)47-38(31)44(10-3,37(53)27-51)33-23-32-35(24-36(33)56-6)48(5)40-45(32)19-22-50-21-14-18-43(9-2,39(45)50)41(58-28(4)52)46(40,55)42(54)57-7/h11-12,14-18,23-24,39-41,47,51,55H,8-10,13,19-22,25-27H2,1-7H3/t39-,40+,41+,43+,44+,45+,46-/m0/s1. The van der Waals surface area contributed by atoms with E-state index >= 15 is 0 Å². The summed E-state index contributed by atoms with van der Waals surface area (Å²) in [5.41, 5.74) is 0.691. The number of likely N-dealkylation sites (N-methyl/N-ethyl adjacent to an activating group) is 1. The Morgan fingerprint density at radius 1 is 1.07 bits per heavy atom. The molecule has 1 spiro atoms. The largest absolute Gasteiger partial charge is 0.496 e. The number of Topliss-reactive ketones (excluding diaryl/α,β-unsaturated/α-hetero) is 1. The van der Waals surface area contributed by atoms with E-state index in [1.54, 1.807) is 7.11 Å². The number of esters is 2. The van der Waals surface area contributed by atoms with Crippen LogP contribution in [-0.2, 0) is 41.2 Å². The van der Waals surface area contributed by atoms with Gasteiger partial charge in [0.05, 0.1) is 25.7 Å². The van der Waals surface area contributed by atoms with Crippen LogP contribution < -0.4 is 9.64 Å². The van der Waals surface area contributed by atoms with Crippen molar-refractivity contribution in [3.63, 3.8) is 0 Å². The molecule has 1 saturated heterocycles. The first-order chi connectivity index (χ1) is 27.9. The van der Waals surface area contributed by atoms with Crippen molar-refractivity contribution < 1.29 is 38.8 Å². The minimum absolute atomic E-state index is 0.299. The van der Waals surface area contributed by atoms with E-state index in [4.69, 9.17) is 14.2 Å². The molecular weight excluding hydrogens is 737 g/mol. The summed E-state index contributed by atoms with van der Waals surface area (Å²) in [5.74, 6) is -1.40. The van der Waals surface area contributed by atoms with Crippen molar-refractivity contribution in [3.8, 4) is 5.75 Å². The third-order valence-corrected chi connectivity index (χ3v) is 14.7. The van der Waals surface area contributed by atoms with Gasteiger partial charge in [-0.1, -0.05) is 62.8 Å². The van der Waals surface area contributed by atoms with Crippen LogP contribution in [0.15, 0.2) is 60.2 Å². The second-order valence-electron chi connectivity index (χ2n) is 17.0.